The van der Waals surface area contributed by atoms with E-state index >= 15 is 0 Å². The van der Waals surface area contributed by atoms with Crippen molar-refractivity contribution in [3.63, 3.8) is 0 Å². The van der Waals surface area contributed by atoms with Crippen LogP contribution in [-0.2, 0) is 4.74 Å². The fourth-order valence-electron chi connectivity index (χ4n) is 2.83. The molecule has 1 aromatic heterocycles. The molecule has 1 aliphatic heterocycles. The van der Waals surface area contributed by atoms with E-state index in [0.717, 1.165) is 32.2 Å². The van der Waals surface area contributed by atoms with Crippen LogP contribution in [0.1, 0.15) is 30.7 Å². The van der Waals surface area contributed by atoms with Gasteiger partial charge in [0.25, 0.3) is 0 Å². The van der Waals surface area contributed by atoms with Crippen molar-refractivity contribution >= 4 is 17.3 Å². The minimum absolute atomic E-state index is 0.306. The molecule has 2 atom stereocenters. The van der Waals surface area contributed by atoms with Crippen LogP contribution in [0.3, 0.4) is 0 Å². The molecule has 0 amide bonds. The van der Waals surface area contributed by atoms with Crippen LogP contribution < -0.4 is 10.6 Å². The van der Waals surface area contributed by atoms with E-state index in [0.29, 0.717) is 18.2 Å². The Morgan fingerprint density at radius 3 is 3.05 bits per heavy atom. The van der Waals surface area contributed by atoms with Crippen LogP contribution in [-0.4, -0.2) is 56.3 Å². The number of guanidine groups is 1. The van der Waals surface area contributed by atoms with Crippen LogP contribution in [0.2, 0.25) is 0 Å². The molecule has 2 heterocycles. The molecule has 1 saturated carbocycles. The van der Waals surface area contributed by atoms with Gasteiger partial charge in [-0.2, -0.15) is 0 Å². The van der Waals surface area contributed by atoms with E-state index in [1.165, 1.54) is 17.7 Å². The predicted molar refractivity (Wildman–Crippen MR) is 91.6 cm³/mol. The minimum atomic E-state index is 0.306. The summed E-state index contributed by atoms with van der Waals surface area (Å²) in [5.41, 5.74) is 0. The number of nitrogens with zero attached hydrogens (tertiary/aromatic N) is 2. The van der Waals surface area contributed by atoms with Gasteiger partial charge in [0.2, 0.25) is 0 Å². The van der Waals surface area contributed by atoms with Crippen LogP contribution in [0.25, 0.3) is 0 Å². The second kappa shape index (κ2) is 7.44. The third-order valence-electron chi connectivity index (χ3n) is 4.19. The zero-order valence-electron chi connectivity index (χ0n) is 13.4. The summed E-state index contributed by atoms with van der Waals surface area (Å²) in [6.45, 7) is 5.82. The van der Waals surface area contributed by atoms with Gasteiger partial charge in [-0.15, -0.1) is 11.3 Å². The lowest BCUT2D eigenvalue weighted by molar-refractivity contribution is -0.0334. The van der Waals surface area contributed by atoms with Crippen molar-refractivity contribution in [2.45, 2.75) is 38.0 Å². The SMILES string of the molecule is CN=C(NCC(c1cccs1)N1CCOC(C)C1)NC1CC1. The van der Waals surface area contributed by atoms with E-state index in [9.17, 15) is 0 Å². The molecule has 22 heavy (non-hydrogen) atoms. The molecule has 1 aromatic rings. The van der Waals surface area contributed by atoms with Gasteiger partial charge in [-0.3, -0.25) is 9.89 Å². The van der Waals surface area contributed by atoms with Crippen LogP contribution in [0, 0.1) is 0 Å². The van der Waals surface area contributed by atoms with Gasteiger partial charge in [-0.05, 0) is 31.2 Å². The largest absolute Gasteiger partial charge is 0.376 e. The Hall–Kier alpha value is -1.11. The first-order valence-corrected chi connectivity index (χ1v) is 9.00. The molecule has 2 N–H and O–H groups in total. The number of hydrogen-bond donors (Lipinski definition) is 2. The quantitative estimate of drug-likeness (QED) is 0.641. The Bertz CT molecular complexity index is 486. The molecule has 2 aliphatic rings. The Balaban J connectivity index is 1.63. The van der Waals surface area contributed by atoms with Gasteiger partial charge in [0.1, 0.15) is 0 Å². The number of aliphatic imine (C=N–C) groups is 1. The normalized spacial score (nSPS) is 25.0. The number of ether oxygens (including phenoxy) is 1. The maximum absolute atomic E-state index is 5.69. The molecule has 2 unspecified atom stereocenters. The van der Waals surface area contributed by atoms with E-state index < -0.39 is 0 Å². The Labute approximate surface area is 136 Å². The van der Waals surface area contributed by atoms with E-state index in [1.54, 1.807) is 0 Å². The van der Waals surface area contributed by atoms with Gasteiger partial charge >= 0.3 is 0 Å². The average molecular weight is 322 g/mol. The summed E-state index contributed by atoms with van der Waals surface area (Å²) < 4.78 is 5.69. The number of hydrogen-bond acceptors (Lipinski definition) is 4. The Kier molecular flexibility index (Phi) is 5.33. The molecular weight excluding hydrogens is 296 g/mol. The molecule has 2 fully saturated rings. The summed E-state index contributed by atoms with van der Waals surface area (Å²) in [6.07, 6.45) is 2.83. The minimum Gasteiger partial charge on any atom is -0.376 e. The standard InChI is InChI=1S/C16H26N4OS/c1-12-11-20(7-8-21-12)14(15-4-3-9-22-15)10-18-16(17-2)19-13-5-6-13/h3-4,9,12-14H,5-8,10-11H2,1-2H3,(H2,17,18,19). The van der Waals surface area contributed by atoms with Crippen molar-refractivity contribution in [2.75, 3.05) is 33.3 Å². The van der Waals surface area contributed by atoms with Gasteiger partial charge in [-0.25, -0.2) is 0 Å². The first kappa shape index (κ1) is 15.8. The zero-order chi connectivity index (χ0) is 15.4. The molecule has 122 valence electrons. The van der Waals surface area contributed by atoms with Crippen molar-refractivity contribution in [3.05, 3.63) is 22.4 Å². The molecule has 1 saturated heterocycles. The van der Waals surface area contributed by atoms with E-state index in [2.05, 4.69) is 45.0 Å². The van der Waals surface area contributed by atoms with Crippen molar-refractivity contribution in [1.82, 2.24) is 15.5 Å². The number of nitrogens with one attached hydrogen (secondary N) is 2. The summed E-state index contributed by atoms with van der Waals surface area (Å²) >= 11 is 1.83. The molecule has 0 radical (unpaired) electrons. The van der Waals surface area contributed by atoms with Crippen LogP contribution in [0.15, 0.2) is 22.5 Å². The van der Waals surface area contributed by atoms with E-state index in [1.807, 2.05) is 18.4 Å². The smallest absolute Gasteiger partial charge is 0.191 e. The van der Waals surface area contributed by atoms with E-state index in [4.69, 9.17) is 4.74 Å². The highest BCUT2D eigenvalue weighted by Gasteiger charge is 2.27. The van der Waals surface area contributed by atoms with Crippen molar-refractivity contribution < 1.29 is 4.74 Å². The lowest BCUT2D eigenvalue weighted by Gasteiger charge is -2.37. The second-order valence-corrected chi connectivity index (χ2v) is 7.06. The highest BCUT2D eigenvalue weighted by molar-refractivity contribution is 7.10. The molecule has 0 bridgehead atoms. The maximum Gasteiger partial charge on any atom is 0.191 e. The highest BCUT2D eigenvalue weighted by Crippen LogP contribution is 2.26. The van der Waals surface area contributed by atoms with Gasteiger partial charge in [0.05, 0.1) is 18.8 Å². The Morgan fingerprint density at radius 2 is 2.41 bits per heavy atom. The van der Waals surface area contributed by atoms with Gasteiger partial charge in [0.15, 0.2) is 5.96 Å². The summed E-state index contributed by atoms with van der Waals surface area (Å²) in [5, 5.41) is 9.11. The summed E-state index contributed by atoms with van der Waals surface area (Å²) in [4.78, 5) is 8.27. The van der Waals surface area contributed by atoms with Crippen molar-refractivity contribution in [1.29, 1.82) is 0 Å². The molecular formula is C16H26N4OS. The highest BCUT2D eigenvalue weighted by atomic mass is 32.1. The third-order valence-corrected chi connectivity index (χ3v) is 5.16. The third kappa shape index (κ3) is 4.21. The summed E-state index contributed by atoms with van der Waals surface area (Å²) in [5.74, 6) is 0.922. The molecule has 0 aromatic carbocycles. The molecule has 6 heteroatoms. The molecule has 5 nitrogen and oxygen atoms in total. The first-order chi connectivity index (χ1) is 10.8. The van der Waals surface area contributed by atoms with Gasteiger partial charge in [0, 0.05) is 37.6 Å². The maximum atomic E-state index is 5.69. The fourth-order valence-corrected chi connectivity index (χ4v) is 3.69. The summed E-state index contributed by atoms with van der Waals surface area (Å²) in [7, 11) is 1.84. The van der Waals surface area contributed by atoms with Crippen LogP contribution in [0.5, 0.6) is 0 Å². The monoisotopic (exact) mass is 322 g/mol. The number of morpholine rings is 1. The topological polar surface area (TPSA) is 48.9 Å². The molecule has 3 rings (SSSR count). The number of rotatable bonds is 5. The molecule has 1 aliphatic carbocycles. The second-order valence-electron chi connectivity index (χ2n) is 6.08. The zero-order valence-corrected chi connectivity index (χ0v) is 14.2. The lowest BCUT2D eigenvalue weighted by atomic mass is 10.1. The van der Waals surface area contributed by atoms with Crippen LogP contribution in [0.4, 0.5) is 0 Å². The Morgan fingerprint density at radius 1 is 1.55 bits per heavy atom. The van der Waals surface area contributed by atoms with Crippen molar-refractivity contribution in [3.8, 4) is 0 Å². The van der Waals surface area contributed by atoms with Crippen molar-refractivity contribution in [2.24, 2.45) is 4.99 Å². The fraction of sp³-hybridized carbons (Fsp3) is 0.688. The van der Waals surface area contributed by atoms with Gasteiger partial charge < -0.3 is 15.4 Å². The predicted octanol–water partition coefficient (Wildman–Crippen LogP) is 1.84. The average Bonchev–Trinajstić information content (AvgIpc) is 3.18. The van der Waals surface area contributed by atoms with Gasteiger partial charge in [-0.1, -0.05) is 6.07 Å². The van der Waals surface area contributed by atoms with E-state index in [-0.39, 0.29) is 0 Å². The molecule has 0 spiro atoms. The first-order valence-electron chi connectivity index (χ1n) is 8.12. The van der Waals surface area contributed by atoms with Crippen LogP contribution >= 0.6 is 11.3 Å². The summed E-state index contributed by atoms with van der Waals surface area (Å²) in [6, 6.07) is 5.36. The number of thiophene rings is 1. The lowest BCUT2D eigenvalue weighted by Crippen LogP contribution is -2.48.